The smallest absolute Gasteiger partial charge is 0.251 e. The van der Waals surface area contributed by atoms with E-state index in [-0.39, 0.29) is 18.1 Å². The van der Waals surface area contributed by atoms with Crippen molar-refractivity contribution in [2.75, 3.05) is 52.5 Å². The van der Waals surface area contributed by atoms with E-state index in [9.17, 15) is 4.79 Å². The van der Waals surface area contributed by atoms with Crippen molar-refractivity contribution in [3.05, 3.63) is 0 Å². The van der Waals surface area contributed by atoms with Crippen LogP contribution in [0.4, 0.5) is 0 Å². The third-order valence-electron chi connectivity index (χ3n) is 4.90. The molecular formula is C17H30N4O3. The first-order chi connectivity index (χ1) is 11.8. The minimum Gasteiger partial charge on any atom is -0.376 e. The molecule has 0 radical (unpaired) electrons. The molecule has 0 saturated carbocycles. The fourth-order valence-electron chi connectivity index (χ4n) is 3.52. The number of hydrogen-bond donors (Lipinski definition) is 1. The first-order valence-corrected chi connectivity index (χ1v) is 9.33. The second kappa shape index (κ2) is 8.67. The fraction of sp³-hybridized carbons (Fsp3) is 0.882. The van der Waals surface area contributed by atoms with Crippen LogP contribution in [0.25, 0.3) is 0 Å². The van der Waals surface area contributed by atoms with Gasteiger partial charge in [0, 0.05) is 45.9 Å². The lowest BCUT2D eigenvalue weighted by atomic mass is 10.2. The summed E-state index contributed by atoms with van der Waals surface area (Å²) in [4.78, 5) is 21.4. The zero-order valence-electron chi connectivity index (χ0n) is 14.7. The Morgan fingerprint density at radius 3 is 2.42 bits per heavy atom. The summed E-state index contributed by atoms with van der Waals surface area (Å²) in [6.45, 7) is 8.34. The summed E-state index contributed by atoms with van der Waals surface area (Å²) < 4.78 is 11.2. The molecule has 3 heterocycles. The minimum atomic E-state index is -0.210. The number of carbonyl (C=O) groups excluding carboxylic acids is 1. The van der Waals surface area contributed by atoms with Gasteiger partial charge in [0.2, 0.25) is 0 Å². The number of nitrogens with zero attached hydrogens (tertiary/aromatic N) is 3. The molecule has 0 aromatic carbocycles. The number of nitrogens with one attached hydrogen (secondary N) is 1. The van der Waals surface area contributed by atoms with E-state index in [4.69, 9.17) is 14.5 Å². The molecule has 0 spiro atoms. The predicted molar refractivity (Wildman–Crippen MR) is 92.1 cm³/mol. The average Bonchev–Trinajstić information content (AvgIpc) is 3.31. The third-order valence-corrected chi connectivity index (χ3v) is 4.90. The highest BCUT2D eigenvalue weighted by molar-refractivity contribution is 5.82. The van der Waals surface area contributed by atoms with Gasteiger partial charge in [0.1, 0.15) is 6.10 Å². The number of amides is 1. The Morgan fingerprint density at radius 1 is 1.08 bits per heavy atom. The molecule has 1 amide bonds. The van der Waals surface area contributed by atoms with Crippen LogP contribution in [0.2, 0.25) is 0 Å². The second-order valence-corrected chi connectivity index (χ2v) is 6.64. The SMILES string of the molecule is CCNC(=NCC1CCCO1)N1CCN(C(=O)C2CCCO2)CC1. The van der Waals surface area contributed by atoms with Crippen molar-refractivity contribution in [2.45, 2.75) is 44.8 Å². The topological polar surface area (TPSA) is 66.4 Å². The Kier molecular flexibility index (Phi) is 6.31. The van der Waals surface area contributed by atoms with Gasteiger partial charge < -0.3 is 24.6 Å². The highest BCUT2D eigenvalue weighted by atomic mass is 16.5. The van der Waals surface area contributed by atoms with E-state index in [1.54, 1.807) is 0 Å². The molecule has 136 valence electrons. The monoisotopic (exact) mass is 338 g/mol. The van der Waals surface area contributed by atoms with Gasteiger partial charge in [0.05, 0.1) is 12.6 Å². The van der Waals surface area contributed by atoms with E-state index in [2.05, 4.69) is 17.1 Å². The zero-order valence-corrected chi connectivity index (χ0v) is 14.7. The van der Waals surface area contributed by atoms with Crippen LogP contribution < -0.4 is 5.32 Å². The lowest BCUT2D eigenvalue weighted by Gasteiger charge is -2.37. The lowest BCUT2D eigenvalue weighted by molar-refractivity contribution is -0.142. The maximum Gasteiger partial charge on any atom is 0.251 e. The zero-order chi connectivity index (χ0) is 16.8. The Balaban J connectivity index is 1.50. The van der Waals surface area contributed by atoms with Crippen LogP contribution in [-0.2, 0) is 14.3 Å². The van der Waals surface area contributed by atoms with Crippen molar-refractivity contribution in [1.82, 2.24) is 15.1 Å². The molecule has 0 aromatic rings. The molecule has 0 bridgehead atoms. The molecule has 3 rings (SSSR count). The highest BCUT2D eigenvalue weighted by Crippen LogP contribution is 2.16. The van der Waals surface area contributed by atoms with Crippen LogP contribution in [0.15, 0.2) is 4.99 Å². The normalized spacial score (nSPS) is 28.5. The molecule has 0 aliphatic carbocycles. The van der Waals surface area contributed by atoms with Crippen molar-refractivity contribution in [1.29, 1.82) is 0 Å². The van der Waals surface area contributed by atoms with Crippen molar-refractivity contribution in [3.8, 4) is 0 Å². The summed E-state index contributed by atoms with van der Waals surface area (Å²) in [5, 5.41) is 3.37. The van der Waals surface area contributed by atoms with E-state index in [0.717, 1.165) is 84.1 Å². The van der Waals surface area contributed by atoms with E-state index >= 15 is 0 Å². The summed E-state index contributed by atoms with van der Waals surface area (Å²) in [6, 6.07) is 0. The third kappa shape index (κ3) is 4.39. The molecule has 3 saturated heterocycles. The molecule has 3 aliphatic heterocycles. The number of hydrogen-bond acceptors (Lipinski definition) is 4. The standard InChI is InChI=1S/C17H30N4O3/c1-2-18-17(19-13-14-5-3-11-23-14)21-9-7-20(8-10-21)16(22)15-6-4-12-24-15/h14-15H,2-13H2,1H3,(H,18,19). The van der Waals surface area contributed by atoms with Gasteiger partial charge in [-0.15, -0.1) is 0 Å². The fourth-order valence-corrected chi connectivity index (χ4v) is 3.52. The molecule has 2 atom stereocenters. The summed E-state index contributed by atoms with van der Waals surface area (Å²) in [6.07, 6.45) is 4.16. The largest absolute Gasteiger partial charge is 0.376 e. The minimum absolute atomic E-state index is 0.161. The first kappa shape index (κ1) is 17.5. The van der Waals surface area contributed by atoms with Gasteiger partial charge in [-0.2, -0.15) is 0 Å². The molecule has 24 heavy (non-hydrogen) atoms. The van der Waals surface area contributed by atoms with Crippen LogP contribution in [0, 0.1) is 0 Å². The number of aliphatic imine (C=N–C) groups is 1. The summed E-state index contributed by atoms with van der Waals surface area (Å²) in [7, 11) is 0. The van der Waals surface area contributed by atoms with Gasteiger partial charge in [-0.1, -0.05) is 0 Å². The number of rotatable bonds is 4. The molecule has 3 aliphatic rings. The molecule has 3 fully saturated rings. The Hall–Kier alpha value is -1.34. The van der Waals surface area contributed by atoms with Crippen molar-refractivity contribution in [2.24, 2.45) is 4.99 Å². The number of ether oxygens (including phenoxy) is 2. The van der Waals surface area contributed by atoms with E-state index < -0.39 is 0 Å². The average molecular weight is 338 g/mol. The number of guanidine groups is 1. The molecule has 0 aromatic heterocycles. The van der Waals surface area contributed by atoms with Crippen molar-refractivity contribution in [3.63, 3.8) is 0 Å². The molecule has 7 nitrogen and oxygen atoms in total. The predicted octanol–water partition coefficient (Wildman–Crippen LogP) is 0.454. The van der Waals surface area contributed by atoms with Crippen molar-refractivity contribution < 1.29 is 14.3 Å². The number of carbonyl (C=O) groups is 1. The quantitative estimate of drug-likeness (QED) is 0.596. The maximum absolute atomic E-state index is 12.4. The van der Waals surface area contributed by atoms with Gasteiger partial charge in [0.15, 0.2) is 5.96 Å². The second-order valence-electron chi connectivity index (χ2n) is 6.64. The molecule has 2 unspecified atom stereocenters. The maximum atomic E-state index is 12.4. The van der Waals surface area contributed by atoms with Crippen LogP contribution in [0.5, 0.6) is 0 Å². The van der Waals surface area contributed by atoms with Gasteiger partial charge >= 0.3 is 0 Å². The van der Waals surface area contributed by atoms with Crippen LogP contribution >= 0.6 is 0 Å². The Morgan fingerprint density at radius 2 is 1.79 bits per heavy atom. The van der Waals surface area contributed by atoms with Crippen LogP contribution in [0.3, 0.4) is 0 Å². The van der Waals surface area contributed by atoms with Crippen molar-refractivity contribution >= 4 is 11.9 Å². The van der Waals surface area contributed by atoms with Gasteiger partial charge in [-0.3, -0.25) is 9.79 Å². The lowest BCUT2D eigenvalue weighted by Crippen LogP contribution is -2.55. The molecule has 7 heteroatoms. The molecule has 1 N–H and O–H groups in total. The number of piperazine rings is 1. The van der Waals surface area contributed by atoms with E-state index in [0.29, 0.717) is 0 Å². The Labute approximate surface area is 144 Å². The summed E-state index contributed by atoms with van der Waals surface area (Å²) in [5.41, 5.74) is 0. The van der Waals surface area contributed by atoms with Crippen LogP contribution in [0.1, 0.15) is 32.6 Å². The first-order valence-electron chi connectivity index (χ1n) is 9.33. The van der Waals surface area contributed by atoms with Gasteiger partial charge in [0.25, 0.3) is 5.91 Å². The Bertz CT molecular complexity index is 437. The van der Waals surface area contributed by atoms with E-state index in [1.807, 2.05) is 4.90 Å². The summed E-state index contributed by atoms with van der Waals surface area (Å²) in [5.74, 6) is 1.10. The summed E-state index contributed by atoms with van der Waals surface area (Å²) >= 11 is 0. The van der Waals surface area contributed by atoms with Gasteiger partial charge in [-0.25, -0.2) is 0 Å². The van der Waals surface area contributed by atoms with E-state index in [1.165, 1.54) is 0 Å². The van der Waals surface area contributed by atoms with Gasteiger partial charge in [-0.05, 0) is 32.6 Å². The van der Waals surface area contributed by atoms with Crippen LogP contribution in [-0.4, -0.2) is 86.4 Å². The highest BCUT2D eigenvalue weighted by Gasteiger charge is 2.31. The molecular weight excluding hydrogens is 308 g/mol.